The van der Waals surface area contributed by atoms with Crippen molar-refractivity contribution in [1.82, 2.24) is 19.5 Å². The number of ether oxygens (including phenoxy) is 1. The molecule has 0 saturated carbocycles. The van der Waals surface area contributed by atoms with E-state index in [0.29, 0.717) is 61.2 Å². The number of hydrogen-bond donors (Lipinski definition) is 1. The fourth-order valence-electron chi connectivity index (χ4n) is 4.48. The quantitative estimate of drug-likeness (QED) is 0.349. The molecule has 0 spiro atoms. The standard InChI is InChI=1S/C25H20ClN5O5S2/c1-36-15-3-4-17(26)16(10-15)20-11-18-23(37-20)24(32)31(25(33)28-18)19-13-27-12-14-2-5-21(29-22(14)19)30-6-8-38(34,35)9-7-30/h2-5,10-13H,6-9H2,1H3,(H,28,33). The second-order valence-corrected chi connectivity index (χ2v) is 12.6. The smallest absolute Gasteiger partial charge is 0.333 e. The molecule has 1 aliphatic rings. The molecule has 1 aliphatic heterocycles. The summed E-state index contributed by atoms with van der Waals surface area (Å²) < 4.78 is 30.4. The van der Waals surface area contributed by atoms with Crippen molar-refractivity contribution in [3.63, 3.8) is 0 Å². The van der Waals surface area contributed by atoms with E-state index in [0.717, 1.165) is 4.57 Å². The number of nitrogens with zero attached hydrogens (tertiary/aromatic N) is 4. The lowest BCUT2D eigenvalue weighted by Gasteiger charge is -2.27. The van der Waals surface area contributed by atoms with Crippen LogP contribution in [0.1, 0.15) is 0 Å². The van der Waals surface area contributed by atoms with E-state index in [-0.39, 0.29) is 17.2 Å². The summed E-state index contributed by atoms with van der Waals surface area (Å²) in [6.07, 6.45) is 3.03. The highest BCUT2D eigenvalue weighted by molar-refractivity contribution is 7.91. The van der Waals surface area contributed by atoms with Gasteiger partial charge < -0.3 is 14.6 Å². The van der Waals surface area contributed by atoms with Gasteiger partial charge in [-0.2, -0.15) is 0 Å². The lowest BCUT2D eigenvalue weighted by Crippen LogP contribution is -2.40. The van der Waals surface area contributed by atoms with E-state index >= 15 is 0 Å². The molecule has 1 aromatic carbocycles. The summed E-state index contributed by atoms with van der Waals surface area (Å²) >= 11 is 7.62. The summed E-state index contributed by atoms with van der Waals surface area (Å²) in [7, 11) is -1.50. The highest BCUT2D eigenvalue weighted by atomic mass is 35.5. The Balaban J connectivity index is 1.50. The van der Waals surface area contributed by atoms with Crippen molar-refractivity contribution in [2.24, 2.45) is 0 Å². The lowest BCUT2D eigenvalue weighted by atomic mass is 10.2. The zero-order valence-electron chi connectivity index (χ0n) is 20.0. The van der Waals surface area contributed by atoms with E-state index in [9.17, 15) is 18.0 Å². The predicted octanol–water partition coefficient (Wildman–Crippen LogP) is 3.25. The summed E-state index contributed by atoms with van der Waals surface area (Å²) in [5, 5.41) is 1.12. The van der Waals surface area contributed by atoms with Gasteiger partial charge in [0.05, 0.1) is 36.0 Å². The van der Waals surface area contributed by atoms with Crippen molar-refractivity contribution in [3.8, 4) is 21.9 Å². The number of benzene rings is 1. The van der Waals surface area contributed by atoms with Crippen molar-refractivity contribution in [3.05, 3.63) is 74.7 Å². The summed E-state index contributed by atoms with van der Waals surface area (Å²) in [4.78, 5) is 41.2. The van der Waals surface area contributed by atoms with Gasteiger partial charge in [0.25, 0.3) is 5.56 Å². The van der Waals surface area contributed by atoms with Crippen LogP contribution in [0, 0.1) is 0 Å². The van der Waals surface area contributed by atoms with Crippen molar-refractivity contribution in [2.45, 2.75) is 0 Å². The lowest BCUT2D eigenvalue weighted by molar-refractivity contribution is 0.415. The first-order valence-corrected chi connectivity index (χ1v) is 14.6. The molecule has 6 rings (SSSR count). The van der Waals surface area contributed by atoms with Gasteiger partial charge in [-0.15, -0.1) is 11.3 Å². The minimum Gasteiger partial charge on any atom is -0.497 e. The fourth-order valence-corrected chi connectivity index (χ4v) is 7.03. The van der Waals surface area contributed by atoms with E-state index in [1.165, 1.54) is 17.5 Å². The summed E-state index contributed by atoms with van der Waals surface area (Å²) in [5.41, 5.74) is 0.577. The molecule has 0 radical (unpaired) electrons. The Bertz CT molecular complexity index is 1950. The second-order valence-electron chi connectivity index (χ2n) is 8.81. The molecule has 0 unspecified atom stereocenters. The highest BCUT2D eigenvalue weighted by Gasteiger charge is 2.23. The van der Waals surface area contributed by atoms with Crippen LogP contribution in [-0.2, 0) is 9.84 Å². The van der Waals surface area contributed by atoms with E-state index in [2.05, 4.69) is 9.97 Å². The molecule has 38 heavy (non-hydrogen) atoms. The number of rotatable bonds is 4. The van der Waals surface area contributed by atoms with Crippen molar-refractivity contribution in [2.75, 3.05) is 36.6 Å². The largest absolute Gasteiger partial charge is 0.497 e. The molecule has 194 valence electrons. The maximum absolute atomic E-state index is 13.7. The number of nitrogens with one attached hydrogen (secondary N) is 1. The van der Waals surface area contributed by atoms with Crippen LogP contribution in [0.5, 0.6) is 5.75 Å². The summed E-state index contributed by atoms with van der Waals surface area (Å²) in [5.74, 6) is 1.27. The molecule has 5 aromatic rings. The summed E-state index contributed by atoms with van der Waals surface area (Å²) in [6, 6.07) is 10.5. The molecule has 1 fully saturated rings. The number of pyridine rings is 2. The third-order valence-electron chi connectivity index (χ3n) is 6.49. The number of hydrogen-bond acceptors (Lipinski definition) is 9. The van der Waals surface area contributed by atoms with E-state index in [1.807, 2.05) is 4.90 Å². The van der Waals surface area contributed by atoms with Crippen LogP contribution in [-0.4, -0.2) is 59.6 Å². The number of H-pyrrole nitrogens is 1. The van der Waals surface area contributed by atoms with E-state index < -0.39 is 21.1 Å². The van der Waals surface area contributed by atoms with Gasteiger partial charge in [-0.3, -0.25) is 9.78 Å². The van der Waals surface area contributed by atoms with E-state index in [4.69, 9.17) is 21.3 Å². The normalized spacial score (nSPS) is 15.3. The summed E-state index contributed by atoms with van der Waals surface area (Å²) in [6.45, 7) is 0.636. The number of aromatic nitrogens is 4. The Hall–Kier alpha value is -3.74. The van der Waals surface area contributed by atoms with Crippen LogP contribution < -0.4 is 20.9 Å². The number of halogens is 1. The van der Waals surface area contributed by atoms with Crippen molar-refractivity contribution in [1.29, 1.82) is 0 Å². The molecule has 0 aliphatic carbocycles. The van der Waals surface area contributed by atoms with Gasteiger partial charge in [0.1, 0.15) is 21.8 Å². The third-order valence-corrected chi connectivity index (χ3v) is 9.58. The minimum atomic E-state index is -3.06. The van der Waals surface area contributed by atoms with Crippen LogP contribution in [0.4, 0.5) is 5.82 Å². The molecule has 0 atom stereocenters. The van der Waals surface area contributed by atoms with Gasteiger partial charge in [0, 0.05) is 40.1 Å². The molecule has 1 N–H and O–H groups in total. The predicted molar refractivity (Wildman–Crippen MR) is 149 cm³/mol. The van der Waals surface area contributed by atoms with Crippen molar-refractivity contribution < 1.29 is 13.2 Å². The first-order valence-electron chi connectivity index (χ1n) is 11.6. The highest BCUT2D eigenvalue weighted by Crippen LogP contribution is 2.37. The number of fused-ring (bicyclic) bond motifs is 2. The Morgan fingerprint density at radius 1 is 1.08 bits per heavy atom. The Labute approximate surface area is 225 Å². The monoisotopic (exact) mass is 569 g/mol. The van der Waals surface area contributed by atoms with Gasteiger partial charge in [0.2, 0.25) is 0 Å². The van der Waals surface area contributed by atoms with Crippen molar-refractivity contribution >= 4 is 59.7 Å². The fraction of sp³-hybridized carbons (Fsp3) is 0.200. The average molecular weight is 570 g/mol. The van der Waals surface area contributed by atoms with Gasteiger partial charge in [0.15, 0.2) is 9.84 Å². The second kappa shape index (κ2) is 9.22. The zero-order chi connectivity index (χ0) is 26.6. The molecule has 1 saturated heterocycles. The maximum atomic E-state index is 13.7. The molecule has 5 heterocycles. The molecule has 4 aromatic heterocycles. The molecule has 10 nitrogen and oxygen atoms in total. The number of methoxy groups -OCH3 is 1. The molecule has 0 amide bonds. The van der Waals surface area contributed by atoms with Gasteiger partial charge in [-0.1, -0.05) is 11.6 Å². The first kappa shape index (κ1) is 24.6. The number of sulfone groups is 1. The van der Waals surface area contributed by atoms with Gasteiger partial charge in [-0.25, -0.2) is 22.8 Å². The average Bonchev–Trinajstić information content (AvgIpc) is 3.33. The first-order chi connectivity index (χ1) is 18.2. The van der Waals surface area contributed by atoms with Crippen LogP contribution in [0.15, 0.2) is 58.4 Å². The van der Waals surface area contributed by atoms with Crippen LogP contribution in [0.3, 0.4) is 0 Å². The van der Waals surface area contributed by atoms with E-state index in [1.54, 1.807) is 49.7 Å². The Kier molecular flexibility index (Phi) is 5.97. The van der Waals surface area contributed by atoms with Crippen LogP contribution in [0.2, 0.25) is 5.02 Å². The number of aromatic amines is 1. The number of anilines is 1. The SMILES string of the molecule is COc1ccc(Cl)c(-c2cc3[nH]c(=O)n(-c4cncc5ccc(N6CCS(=O)(=O)CC6)nc45)c(=O)c3s2)c1. The van der Waals surface area contributed by atoms with Crippen LogP contribution >= 0.6 is 22.9 Å². The maximum Gasteiger partial charge on any atom is 0.333 e. The van der Waals surface area contributed by atoms with Gasteiger partial charge >= 0.3 is 5.69 Å². The zero-order valence-corrected chi connectivity index (χ0v) is 22.4. The molecular weight excluding hydrogens is 550 g/mol. The Morgan fingerprint density at radius 2 is 1.87 bits per heavy atom. The number of thiophene rings is 1. The Morgan fingerprint density at radius 3 is 2.63 bits per heavy atom. The van der Waals surface area contributed by atoms with Crippen LogP contribution in [0.25, 0.3) is 37.2 Å². The molecular formula is C25H20ClN5O5S2. The molecule has 13 heteroatoms. The molecule has 0 bridgehead atoms. The minimum absolute atomic E-state index is 0.0454. The topological polar surface area (TPSA) is 127 Å². The van der Waals surface area contributed by atoms with Gasteiger partial charge in [-0.05, 0) is 36.4 Å². The third kappa shape index (κ3) is 4.24.